The van der Waals surface area contributed by atoms with E-state index in [1.807, 2.05) is 12.1 Å². The van der Waals surface area contributed by atoms with Crippen molar-refractivity contribution in [3.8, 4) is 11.3 Å². The largest absolute Gasteiger partial charge is 0.416 e. The average Bonchev–Trinajstić information content (AvgIpc) is 3.48. The molecule has 8 nitrogen and oxygen atoms in total. The summed E-state index contributed by atoms with van der Waals surface area (Å²) in [5.74, 6) is 0.685. The Morgan fingerprint density at radius 1 is 1.18 bits per heavy atom. The van der Waals surface area contributed by atoms with E-state index in [2.05, 4.69) is 20.1 Å². The molecule has 1 aliphatic rings. The van der Waals surface area contributed by atoms with Crippen molar-refractivity contribution in [2.75, 3.05) is 31.2 Å². The van der Waals surface area contributed by atoms with Crippen LogP contribution in [0.2, 0.25) is 0 Å². The molecule has 11 heteroatoms. The van der Waals surface area contributed by atoms with Crippen molar-refractivity contribution in [3.05, 3.63) is 64.6 Å². The molecule has 1 aromatic carbocycles. The number of nitrogens with zero attached hydrogens (tertiary/aromatic N) is 5. The van der Waals surface area contributed by atoms with Gasteiger partial charge in [-0.05, 0) is 36.2 Å². The van der Waals surface area contributed by atoms with Crippen molar-refractivity contribution in [3.63, 3.8) is 0 Å². The Hall–Kier alpha value is -3.44. The van der Waals surface area contributed by atoms with Gasteiger partial charge in [0, 0.05) is 31.3 Å². The summed E-state index contributed by atoms with van der Waals surface area (Å²) in [5, 5.41) is 21.8. The molecule has 3 aromatic heterocycles. The number of benzene rings is 1. The van der Waals surface area contributed by atoms with E-state index in [0.717, 1.165) is 17.3 Å². The topological polar surface area (TPSA) is 91.6 Å². The Morgan fingerprint density at radius 3 is 2.65 bits per heavy atom. The molecule has 1 aliphatic heterocycles. The lowest BCUT2D eigenvalue weighted by atomic mass is 9.98. The maximum absolute atomic E-state index is 13.5. The summed E-state index contributed by atoms with van der Waals surface area (Å²) in [6.07, 6.45) is -2.69. The molecule has 4 heterocycles. The highest BCUT2D eigenvalue weighted by Crippen LogP contribution is 2.34. The Labute approximate surface area is 193 Å². The second kappa shape index (κ2) is 8.73. The van der Waals surface area contributed by atoms with Gasteiger partial charge in [-0.3, -0.25) is 5.10 Å². The van der Waals surface area contributed by atoms with Crippen LogP contribution in [0, 0.1) is 6.92 Å². The van der Waals surface area contributed by atoms with Crippen molar-refractivity contribution in [2.24, 2.45) is 0 Å². The summed E-state index contributed by atoms with van der Waals surface area (Å²) in [4.78, 5) is 6.69. The molecule has 0 bridgehead atoms. The third-order valence-electron chi connectivity index (χ3n) is 6.13. The molecule has 178 valence electrons. The monoisotopic (exact) mass is 472 g/mol. The lowest BCUT2D eigenvalue weighted by molar-refractivity contribution is -0.138. The number of alkyl halides is 3. The van der Waals surface area contributed by atoms with Crippen LogP contribution in [-0.2, 0) is 23.9 Å². The number of hydrogen-bond donors (Lipinski definition) is 2. The lowest BCUT2D eigenvalue weighted by Gasteiger charge is -2.28. The minimum absolute atomic E-state index is 0.134. The average molecular weight is 472 g/mol. The molecule has 1 fully saturated rings. The van der Waals surface area contributed by atoms with E-state index >= 15 is 0 Å². The molecule has 0 atom stereocenters. The molecule has 34 heavy (non-hydrogen) atoms. The normalized spacial score (nSPS) is 14.8. The van der Waals surface area contributed by atoms with Crippen LogP contribution in [0.25, 0.3) is 16.9 Å². The lowest BCUT2D eigenvalue weighted by Crippen LogP contribution is -2.37. The van der Waals surface area contributed by atoms with Gasteiger partial charge in [0.15, 0.2) is 11.5 Å². The molecule has 0 saturated carbocycles. The molecule has 0 unspecified atom stereocenters. The highest BCUT2D eigenvalue weighted by molar-refractivity contribution is 5.77. The van der Waals surface area contributed by atoms with Gasteiger partial charge < -0.3 is 14.7 Å². The number of fused-ring (bicyclic) bond motifs is 1. The van der Waals surface area contributed by atoms with E-state index < -0.39 is 11.7 Å². The number of imidazole rings is 1. The van der Waals surface area contributed by atoms with Gasteiger partial charge in [-0.15, -0.1) is 5.10 Å². The first-order valence-corrected chi connectivity index (χ1v) is 10.9. The fourth-order valence-electron chi connectivity index (χ4n) is 4.31. The predicted molar refractivity (Wildman–Crippen MR) is 119 cm³/mol. The van der Waals surface area contributed by atoms with Gasteiger partial charge in [-0.25, -0.2) is 9.50 Å². The number of anilines is 1. The molecule has 0 radical (unpaired) electrons. The van der Waals surface area contributed by atoms with E-state index in [-0.39, 0.29) is 18.6 Å². The minimum Gasteiger partial charge on any atom is -0.390 e. The Balaban J connectivity index is 1.69. The number of rotatable bonds is 5. The summed E-state index contributed by atoms with van der Waals surface area (Å²) in [7, 11) is 0. The van der Waals surface area contributed by atoms with Gasteiger partial charge in [0.1, 0.15) is 0 Å². The second-order valence-electron chi connectivity index (χ2n) is 8.15. The summed E-state index contributed by atoms with van der Waals surface area (Å²) >= 11 is 0. The standard InChI is InChI=1S/C23H23F3N6O2/c1-14-15(3-2-4-17(14)23(24,25)26)11-20-19(13-33)28-22-16(18-5-6-27-29-18)12-21(30-32(20)22)31-7-9-34-10-8-31/h2-6,12,33H,7-11,13H2,1H3,(H,27,29). The van der Waals surface area contributed by atoms with Crippen LogP contribution in [0.4, 0.5) is 19.0 Å². The molecule has 1 saturated heterocycles. The van der Waals surface area contributed by atoms with Gasteiger partial charge in [-0.2, -0.15) is 18.3 Å². The Morgan fingerprint density at radius 2 is 1.97 bits per heavy atom. The van der Waals surface area contributed by atoms with Crippen LogP contribution in [0.5, 0.6) is 0 Å². The number of aliphatic hydroxyl groups excluding tert-OH is 1. The molecular formula is C23H23F3N6O2. The van der Waals surface area contributed by atoms with Gasteiger partial charge in [0.25, 0.3) is 0 Å². The highest BCUT2D eigenvalue weighted by atomic mass is 19.4. The van der Waals surface area contributed by atoms with Crippen LogP contribution in [-0.4, -0.2) is 56.2 Å². The summed E-state index contributed by atoms with van der Waals surface area (Å²) < 4.78 is 47.5. The zero-order valence-corrected chi connectivity index (χ0v) is 18.4. The van der Waals surface area contributed by atoms with Crippen LogP contribution < -0.4 is 4.90 Å². The van der Waals surface area contributed by atoms with Crippen LogP contribution in [0.1, 0.15) is 28.1 Å². The number of ether oxygens (including phenoxy) is 1. The van der Waals surface area contributed by atoms with Gasteiger partial charge in [0.05, 0.1) is 42.5 Å². The Bertz CT molecular complexity index is 1310. The third-order valence-corrected chi connectivity index (χ3v) is 6.13. The fraction of sp³-hybridized carbons (Fsp3) is 0.348. The van der Waals surface area contributed by atoms with E-state index in [9.17, 15) is 18.3 Å². The number of halogens is 3. The van der Waals surface area contributed by atoms with E-state index in [0.29, 0.717) is 54.7 Å². The maximum Gasteiger partial charge on any atom is 0.416 e. The third kappa shape index (κ3) is 4.01. The van der Waals surface area contributed by atoms with Crippen LogP contribution in [0.15, 0.2) is 36.5 Å². The quantitative estimate of drug-likeness (QED) is 0.463. The van der Waals surface area contributed by atoms with Gasteiger partial charge >= 0.3 is 6.18 Å². The Kier molecular flexibility index (Phi) is 5.74. The zero-order valence-electron chi connectivity index (χ0n) is 18.4. The van der Waals surface area contributed by atoms with Crippen molar-refractivity contribution < 1.29 is 23.0 Å². The smallest absolute Gasteiger partial charge is 0.390 e. The summed E-state index contributed by atoms with van der Waals surface area (Å²) in [6, 6.07) is 7.84. The van der Waals surface area contributed by atoms with E-state index in [4.69, 9.17) is 9.84 Å². The first-order valence-electron chi connectivity index (χ1n) is 10.9. The van der Waals surface area contributed by atoms with Crippen molar-refractivity contribution in [2.45, 2.75) is 26.1 Å². The second-order valence-corrected chi connectivity index (χ2v) is 8.15. The van der Waals surface area contributed by atoms with Crippen molar-refractivity contribution >= 4 is 11.5 Å². The molecule has 0 spiro atoms. The minimum atomic E-state index is -4.45. The number of hydrogen-bond acceptors (Lipinski definition) is 6. The number of aliphatic hydroxyl groups is 1. The summed E-state index contributed by atoms with van der Waals surface area (Å²) in [5.41, 5.74) is 2.81. The van der Waals surface area contributed by atoms with Gasteiger partial charge in [-0.1, -0.05) is 12.1 Å². The molecule has 5 rings (SSSR count). The number of aromatic amines is 1. The highest BCUT2D eigenvalue weighted by Gasteiger charge is 2.33. The molecule has 0 aliphatic carbocycles. The molecule has 2 N–H and O–H groups in total. The maximum atomic E-state index is 13.5. The summed E-state index contributed by atoms with van der Waals surface area (Å²) in [6.45, 7) is 3.55. The van der Waals surface area contributed by atoms with Crippen LogP contribution in [0.3, 0.4) is 0 Å². The number of H-pyrrole nitrogens is 1. The van der Waals surface area contributed by atoms with Gasteiger partial charge in [0.2, 0.25) is 0 Å². The molecule has 4 aromatic rings. The first kappa shape index (κ1) is 22.4. The van der Waals surface area contributed by atoms with Crippen molar-refractivity contribution in [1.29, 1.82) is 0 Å². The molecule has 0 amide bonds. The predicted octanol–water partition coefficient (Wildman–Crippen LogP) is 3.37. The van der Waals surface area contributed by atoms with Crippen molar-refractivity contribution in [1.82, 2.24) is 24.8 Å². The van der Waals surface area contributed by atoms with Crippen LogP contribution >= 0.6 is 0 Å². The fourth-order valence-corrected chi connectivity index (χ4v) is 4.31. The van der Waals surface area contributed by atoms with E-state index in [1.54, 1.807) is 16.8 Å². The SMILES string of the molecule is Cc1c(Cc2c(CO)nc3c(-c4ccn[nH]4)cc(N4CCOCC4)nn23)cccc1C(F)(F)F. The number of nitrogens with one attached hydrogen (secondary N) is 1. The molecular weight excluding hydrogens is 449 g/mol. The first-order chi connectivity index (χ1) is 16.4. The number of aromatic nitrogens is 5. The van der Waals surface area contributed by atoms with E-state index in [1.165, 1.54) is 13.0 Å². The zero-order chi connectivity index (χ0) is 23.9. The number of morpholine rings is 1.